The molecule has 3 rings (SSSR count). The standard InChI is InChI=1S/C22H31N5/c1-23-22(26-17-21-8-4-5-13-24-21)25-16-19-9-11-20(12-10-19)18-27-14-6-2-3-7-15-27/h4-5,8-13H,2-3,6-7,14-18H2,1H3,(H2,23,25,26). The Morgan fingerprint density at radius 1 is 0.926 bits per heavy atom. The summed E-state index contributed by atoms with van der Waals surface area (Å²) in [5.74, 6) is 0.786. The van der Waals surface area contributed by atoms with Gasteiger partial charge in [-0.3, -0.25) is 14.9 Å². The van der Waals surface area contributed by atoms with Gasteiger partial charge in [0, 0.05) is 26.3 Å². The first-order chi connectivity index (χ1) is 13.3. The van der Waals surface area contributed by atoms with Gasteiger partial charge in [0.1, 0.15) is 0 Å². The monoisotopic (exact) mass is 365 g/mol. The molecule has 1 aromatic carbocycles. The Morgan fingerprint density at radius 3 is 2.30 bits per heavy atom. The van der Waals surface area contributed by atoms with Crippen LogP contribution in [0.15, 0.2) is 53.7 Å². The molecule has 27 heavy (non-hydrogen) atoms. The summed E-state index contributed by atoms with van der Waals surface area (Å²) in [5.41, 5.74) is 3.66. The molecule has 1 aliphatic rings. The van der Waals surface area contributed by atoms with Crippen LogP contribution in [-0.2, 0) is 19.6 Å². The van der Waals surface area contributed by atoms with Gasteiger partial charge in [0.05, 0.1) is 12.2 Å². The van der Waals surface area contributed by atoms with Crippen molar-refractivity contribution in [1.29, 1.82) is 0 Å². The maximum atomic E-state index is 4.32. The van der Waals surface area contributed by atoms with Crippen molar-refractivity contribution < 1.29 is 0 Å². The molecular formula is C22H31N5. The van der Waals surface area contributed by atoms with Crippen LogP contribution in [0.25, 0.3) is 0 Å². The topological polar surface area (TPSA) is 52.6 Å². The second-order valence-electron chi connectivity index (χ2n) is 7.11. The number of aliphatic imine (C=N–C) groups is 1. The van der Waals surface area contributed by atoms with Gasteiger partial charge in [-0.15, -0.1) is 0 Å². The number of nitrogens with zero attached hydrogens (tertiary/aromatic N) is 3. The molecule has 0 unspecified atom stereocenters. The first-order valence-electron chi connectivity index (χ1n) is 9.98. The van der Waals surface area contributed by atoms with Gasteiger partial charge in [-0.25, -0.2) is 0 Å². The maximum Gasteiger partial charge on any atom is 0.191 e. The fourth-order valence-corrected chi connectivity index (χ4v) is 3.40. The van der Waals surface area contributed by atoms with Crippen LogP contribution in [0.2, 0.25) is 0 Å². The molecular weight excluding hydrogens is 334 g/mol. The summed E-state index contributed by atoms with van der Waals surface area (Å²) in [7, 11) is 1.79. The third kappa shape index (κ3) is 6.68. The quantitative estimate of drug-likeness (QED) is 0.609. The Labute approximate surface area is 162 Å². The Morgan fingerprint density at radius 2 is 1.63 bits per heavy atom. The molecule has 2 aromatic rings. The lowest BCUT2D eigenvalue weighted by atomic mass is 10.1. The van der Waals surface area contributed by atoms with E-state index < -0.39 is 0 Å². The van der Waals surface area contributed by atoms with Crippen molar-refractivity contribution in [2.24, 2.45) is 4.99 Å². The van der Waals surface area contributed by atoms with Crippen molar-refractivity contribution >= 4 is 5.96 Å². The van der Waals surface area contributed by atoms with Crippen LogP contribution in [0.1, 0.15) is 42.5 Å². The van der Waals surface area contributed by atoms with Crippen molar-refractivity contribution in [3.63, 3.8) is 0 Å². The van der Waals surface area contributed by atoms with Gasteiger partial charge in [0.25, 0.3) is 0 Å². The Bertz CT molecular complexity index is 688. The molecule has 0 aliphatic carbocycles. The first kappa shape index (κ1) is 19.4. The number of pyridine rings is 1. The highest BCUT2D eigenvalue weighted by Crippen LogP contribution is 2.13. The number of hydrogen-bond acceptors (Lipinski definition) is 3. The average molecular weight is 366 g/mol. The SMILES string of the molecule is CN=C(NCc1ccc(CN2CCCCCC2)cc1)NCc1ccccn1. The molecule has 5 heteroatoms. The molecule has 0 saturated carbocycles. The number of aromatic nitrogens is 1. The highest BCUT2D eigenvalue weighted by molar-refractivity contribution is 5.79. The minimum Gasteiger partial charge on any atom is -0.352 e. The smallest absolute Gasteiger partial charge is 0.191 e. The second-order valence-corrected chi connectivity index (χ2v) is 7.11. The van der Waals surface area contributed by atoms with Crippen LogP contribution < -0.4 is 10.6 Å². The summed E-state index contributed by atoms with van der Waals surface area (Å²) in [5, 5.41) is 6.66. The van der Waals surface area contributed by atoms with Crippen molar-refractivity contribution in [3.8, 4) is 0 Å². The van der Waals surface area contributed by atoms with Crippen LogP contribution >= 0.6 is 0 Å². The van der Waals surface area contributed by atoms with E-state index in [9.17, 15) is 0 Å². The van der Waals surface area contributed by atoms with Gasteiger partial charge in [-0.05, 0) is 49.2 Å². The lowest BCUT2D eigenvalue weighted by Crippen LogP contribution is -2.36. The molecule has 0 atom stereocenters. The highest BCUT2D eigenvalue weighted by Gasteiger charge is 2.09. The average Bonchev–Trinajstić information content (AvgIpc) is 2.99. The zero-order valence-corrected chi connectivity index (χ0v) is 16.3. The van der Waals surface area contributed by atoms with Crippen molar-refractivity contribution in [2.75, 3.05) is 20.1 Å². The lowest BCUT2D eigenvalue weighted by molar-refractivity contribution is 0.277. The van der Waals surface area contributed by atoms with Crippen LogP contribution in [0, 0.1) is 0 Å². The van der Waals surface area contributed by atoms with Crippen molar-refractivity contribution in [2.45, 2.75) is 45.3 Å². The number of likely N-dealkylation sites (tertiary alicyclic amines) is 1. The lowest BCUT2D eigenvalue weighted by Gasteiger charge is -2.20. The van der Waals surface area contributed by atoms with E-state index in [0.717, 1.165) is 24.7 Å². The molecule has 0 bridgehead atoms. The van der Waals surface area contributed by atoms with Crippen LogP contribution in [-0.4, -0.2) is 36.0 Å². The van der Waals surface area contributed by atoms with E-state index in [0.29, 0.717) is 6.54 Å². The molecule has 0 amide bonds. The number of rotatable bonds is 6. The fourth-order valence-electron chi connectivity index (χ4n) is 3.40. The number of hydrogen-bond donors (Lipinski definition) is 2. The van der Waals surface area contributed by atoms with Gasteiger partial charge in [-0.2, -0.15) is 0 Å². The summed E-state index contributed by atoms with van der Waals surface area (Å²) in [6.45, 7) is 4.96. The summed E-state index contributed by atoms with van der Waals surface area (Å²) < 4.78 is 0. The van der Waals surface area contributed by atoms with Gasteiger partial charge in [-0.1, -0.05) is 43.2 Å². The maximum absolute atomic E-state index is 4.32. The predicted octanol–water partition coefficient (Wildman–Crippen LogP) is 3.32. The normalized spacial score (nSPS) is 16.0. The van der Waals surface area contributed by atoms with Gasteiger partial charge in [0.2, 0.25) is 0 Å². The van der Waals surface area contributed by atoms with E-state index in [1.54, 1.807) is 13.2 Å². The Hall–Kier alpha value is -2.40. The van der Waals surface area contributed by atoms with Gasteiger partial charge >= 0.3 is 0 Å². The molecule has 0 radical (unpaired) electrons. The Kier molecular flexibility index (Phi) is 7.66. The molecule has 0 spiro atoms. The molecule has 1 fully saturated rings. The molecule has 144 valence electrons. The largest absolute Gasteiger partial charge is 0.352 e. The molecule has 2 N–H and O–H groups in total. The van der Waals surface area contributed by atoms with Crippen LogP contribution in [0.5, 0.6) is 0 Å². The number of nitrogens with one attached hydrogen (secondary N) is 2. The molecule has 2 heterocycles. The Balaban J connectivity index is 1.44. The molecule has 5 nitrogen and oxygen atoms in total. The first-order valence-corrected chi connectivity index (χ1v) is 9.98. The second kappa shape index (κ2) is 10.7. The highest BCUT2D eigenvalue weighted by atomic mass is 15.2. The zero-order valence-electron chi connectivity index (χ0n) is 16.3. The van der Waals surface area contributed by atoms with E-state index >= 15 is 0 Å². The van der Waals surface area contributed by atoms with E-state index in [1.807, 2.05) is 18.2 Å². The van der Waals surface area contributed by atoms with Crippen molar-refractivity contribution in [3.05, 3.63) is 65.5 Å². The van der Waals surface area contributed by atoms with Crippen LogP contribution in [0.3, 0.4) is 0 Å². The van der Waals surface area contributed by atoms with E-state index in [4.69, 9.17) is 0 Å². The fraction of sp³-hybridized carbons (Fsp3) is 0.455. The van der Waals surface area contributed by atoms with Gasteiger partial charge < -0.3 is 10.6 Å². The minimum atomic E-state index is 0.662. The number of guanidine groups is 1. The molecule has 1 saturated heterocycles. The zero-order chi connectivity index (χ0) is 18.7. The van der Waals surface area contributed by atoms with Crippen LogP contribution in [0.4, 0.5) is 0 Å². The molecule has 1 aromatic heterocycles. The predicted molar refractivity (Wildman–Crippen MR) is 111 cm³/mol. The third-order valence-corrected chi connectivity index (χ3v) is 4.97. The van der Waals surface area contributed by atoms with E-state index in [2.05, 4.69) is 49.8 Å². The summed E-state index contributed by atoms with van der Waals surface area (Å²) >= 11 is 0. The molecule has 1 aliphatic heterocycles. The van der Waals surface area contributed by atoms with Crippen molar-refractivity contribution in [1.82, 2.24) is 20.5 Å². The third-order valence-electron chi connectivity index (χ3n) is 4.97. The number of benzene rings is 1. The summed E-state index contributed by atoms with van der Waals surface area (Å²) in [4.78, 5) is 11.2. The van der Waals surface area contributed by atoms with E-state index in [1.165, 1.54) is 49.9 Å². The summed E-state index contributed by atoms with van der Waals surface area (Å²) in [6, 6.07) is 14.9. The summed E-state index contributed by atoms with van der Waals surface area (Å²) in [6.07, 6.45) is 7.26. The minimum absolute atomic E-state index is 0.662. The van der Waals surface area contributed by atoms with Gasteiger partial charge in [0.15, 0.2) is 5.96 Å². The van der Waals surface area contributed by atoms with E-state index in [-0.39, 0.29) is 0 Å².